The van der Waals surface area contributed by atoms with Gasteiger partial charge in [-0.15, -0.1) is 0 Å². The first-order chi connectivity index (χ1) is 8.50. The van der Waals surface area contributed by atoms with E-state index in [-0.39, 0.29) is 11.9 Å². The van der Waals surface area contributed by atoms with Crippen LogP contribution in [0.15, 0.2) is 0 Å². The summed E-state index contributed by atoms with van der Waals surface area (Å²) in [7, 11) is 1.83. The number of hydrogen-bond donors (Lipinski definition) is 2. The van der Waals surface area contributed by atoms with Crippen LogP contribution in [0.3, 0.4) is 0 Å². The first-order valence-corrected chi connectivity index (χ1v) is 6.50. The first-order valence-electron chi connectivity index (χ1n) is 6.50. The van der Waals surface area contributed by atoms with Crippen LogP contribution in [-0.2, 0) is 7.05 Å². The Kier molecular flexibility index (Phi) is 3.71. The van der Waals surface area contributed by atoms with E-state index in [9.17, 15) is 9.90 Å². The van der Waals surface area contributed by atoms with Crippen molar-refractivity contribution in [3.05, 3.63) is 17.0 Å². The van der Waals surface area contributed by atoms with Crippen molar-refractivity contribution >= 4 is 5.91 Å². The summed E-state index contributed by atoms with van der Waals surface area (Å²) in [4.78, 5) is 12.2. The number of aryl methyl sites for hydroxylation is 2. The zero-order valence-corrected chi connectivity index (χ0v) is 11.2. The van der Waals surface area contributed by atoms with Gasteiger partial charge < -0.3 is 10.4 Å². The fourth-order valence-corrected chi connectivity index (χ4v) is 2.62. The van der Waals surface area contributed by atoms with Crippen molar-refractivity contribution in [3.63, 3.8) is 0 Å². The number of aliphatic hydroxyl groups excluding tert-OH is 1. The zero-order valence-electron chi connectivity index (χ0n) is 11.2. The largest absolute Gasteiger partial charge is 0.391 e. The molecule has 0 aliphatic heterocycles. The van der Waals surface area contributed by atoms with Crippen LogP contribution in [0.25, 0.3) is 0 Å². The predicted molar refractivity (Wildman–Crippen MR) is 68.4 cm³/mol. The summed E-state index contributed by atoms with van der Waals surface area (Å²) >= 11 is 0. The molecule has 1 amide bonds. The summed E-state index contributed by atoms with van der Waals surface area (Å²) in [5.74, 6) is -0.121. The van der Waals surface area contributed by atoms with E-state index < -0.39 is 6.10 Å². The van der Waals surface area contributed by atoms with Gasteiger partial charge >= 0.3 is 0 Å². The third-order valence-electron chi connectivity index (χ3n) is 3.78. The number of rotatable bonds is 2. The molecule has 5 nitrogen and oxygen atoms in total. The molecule has 2 atom stereocenters. The molecule has 1 aromatic rings. The third-order valence-corrected chi connectivity index (χ3v) is 3.78. The third kappa shape index (κ3) is 2.41. The Labute approximate surface area is 107 Å². The minimum Gasteiger partial charge on any atom is -0.391 e. The minimum atomic E-state index is -0.417. The van der Waals surface area contributed by atoms with Crippen LogP contribution in [0.1, 0.15) is 47.4 Å². The molecule has 0 unspecified atom stereocenters. The lowest BCUT2D eigenvalue weighted by molar-refractivity contribution is 0.0716. The molecule has 0 saturated heterocycles. The van der Waals surface area contributed by atoms with Gasteiger partial charge in [0, 0.05) is 12.7 Å². The van der Waals surface area contributed by atoms with E-state index in [4.69, 9.17) is 0 Å². The van der Waals surface area contributed by atoms with Crippen molar-refractivity contribution in [1.29, 1.82) is 0 Å². The Bertz CT molecular complexity index is 453. The summed E-state index contributed by atoms with van der Waals surface area (Å²) < 4.78 is 1.71. The van der Waals surface area contributed by atoms with Crippen molar-refractivity contribution in [2.24, 2.45) is 7.05 Å². The number of nitrogens with zero attached hydrogens (tertiary/aromatic N) is 2. The second-order valence-electron chi connectivity index (χ2n) is 5.10. The van der Waals surface area contributed by atoms with Crippen molar-refractivity contribution in [2.75, 3.05) is 0 Å². The standard InChI is InChI=1S/C13H21N3O2/c1-8-12(9(2)16(3)15-8)13(18)14-10-6-4-5-7-11(10)17/h10-11,17H,4-7H2,1-3H3,(H,14,18)/t10-,11-/m0/s1. The van der Waals surface area contributed by atoms with E-state index in [2.05, 4.69) is 10.4 Å². The number of aliphatic hydroxyl groups is 1. The molecule has 0 aromatic carbocycles. The van der Waals surface area contributed by atoms with Crippen LogP contribution >= 0.6 is 0 Å². The molecule has 1 heterocycles. The molecule has 100 valence electrons. The number of nitrogens with one attached hydrogen (secondary N) is 1. The Morgan fingerprint density at radius 3 is 2.61 bits per heavy atom. The van der Waals surface area contributed by atoms with E-state index in [1.54, 1.807) is 4.68 Å². The van der Waals surface area contributed by atoms with Crippen molar-refractivity contribution in [2.45, 2.75) is 51.7 Å². The average molecular weight is 251 g/mol. The summed E-state index contributed by atoms with van der Waals surface area (Å²) in [6.07, 6.45) is 3.31. The highest BCUT2D eigenvalue weighted by molar-refractivity contribution is 5.96. The fourth-order valence-electron chi connectivity index (χ4n) is 2.62. The Morgan fingerprint density at radius 2 is 2.06 bits per heavy atom. The molecular formula is C13H21N3O2. The second kappa shape index (κ2) is 5.10. The summed E-state index contributed by atoms with van der Waals surface area (Å²) in [6, 6.07) is -0.120. The average Bonchev–Trinajstić information content (AvgIpc) is 2.56. The van der Waals surface area contributed by atoms with Gasteiger partial charge in [0.25, 0.3) is 5.91 Å². The van der Waals surface area contributed by atoms with E-state index in [1.807, 2.05) is 20.9 Å². The lowest BCUT2D eigenvalue weighted by Gasteiger charge is -2.28. The lowest BCUT2D eigenvalue weighted by atomic mass is 9.92. The smallest absolute Gasteiger partial charge is 0.255 e. The minimum absolute atomic E-state index is 0.120. The fraction of sp³-hybridized carbons (Fsp3) is 0.692. The monoisotopic (exact) mass is 251 g/mol. The topological polar surface area (TPSA) is 67.2 Å². The molecule has 18 heavy (non-hydrogen) atoms. The van der Waals surface area contributed by atoms with Crippen LogP contribution in [0.4, 0.5) is 0 Å². The van der Waals surface area contributed by atoms with Crippen LogP contribution in [0.5, 0.6) is 0 Å². The number of carbonyl (C=O) groups excluding carboxylic acids is 1. The SMILES string of the molecule is Cc1nn(C)c(C)c1C(=O)N[C@H]1CCCC[C@@H]1O. The summed E-state index contributed by atoms with van der Waals surface area (Å²) in [5.41, 5.74) is 2.23. The molecule has 0 radical (unpaired) electrons. The van der Waals surface area contributed by atoms with Crippen LogP contribution < -0.4 is 5.32 Å². The van der Waals surface area contributed by atoms with Gasteiger partial charge in [-0.1, -0.05) is 12.8 Å². The molecule has 2 N–H and O–H groups in total. The normalized spacial score (nSPS) is 24.0. The highest BCUT2D eigenvalue weighted by atomic mass is 16.3. The van der Waals surface area contributed by atoms with Gasteiger partial charge in [0.15, 0.2) is 0 Å². The predicted octanol–water partition coefficient (Wildman–Crippen LogP) is 1.07. The Morgan fingerprint density at radius 1 is 1.39 bits per heavy atom. The van der Waals surface area contributed by atoms with Gasteiger partial charge in [-0.2, -0.15) is 5.10 Å². The van der Waals surface area contributed by atoms with Crippen molar-refractivity contribution in [1.82, 2.24) is 15.1 Å². The maximum atomic E-state index is 12.2. The molecule has 1 fully saturated rings. The van der Waals surface area contributed by atoms with Crippen molar-refractivity contribution in [3.8, 4) is 0 Å². The van der Waals surface area contributed by atoms with E-state index in [1.165, 1.54) is 0 Å². The molecule has 2 rings (SSSR count). The van der Waals surface area contributed by atoms with Crippen LogP contribution in [-0.4, -0.2) is 32.9 Å². The van der Waals surface area contributed by atoms with Gasteiger partial charge in [-0.25, -0.2) is 0 Å². The highest BCUT2D eigenvalue weighted by Crippen LogP contribution is 2.19. The van der Waals surface area contributed by atoms with E-state index >= 15 is 0 Å². The number of carbonyl (C=O) groups is 1. The molecule has 0 spiro atoms. The molecule has 1 saturated carbocycles. The Balaban J connectivity index is 2.12. The Hall–Kier alpha value is -1.36. The number of hydrogen-bond acceptors (Lipinski definition) is 3. The van der Waals surface area contributed by atoms with Gasteiger partial charge in [-0.3, -0.25) is 9.48 Å². The molecule has 1 aliphatic rings. The van der Waals surface area contributed by atoms with Gasteiger partial charge in [0.2, 0.25) is 0 Å². The van der Waals surface area contributed by atoms with E-state index in [0.717, 1.165) is 37.1 Å². The van der Waals surface area contributed by atoms with Gasteiger partial charge in [0.1, 0.15) is 0 Å². The van der Waals surface area contributed by atoms with E-state index in [0.29, 0.717) is 5.56 Å². The quantitative estimate of drug-likeness (QED) is 0.826. The molecule has 0 bridgehead atoms. The molecule has 5 heteroatoms. The van der Waals surface area contributed by atoms with Gasteiger partial charge in [0.05, 0.1) is 23.4 Å². The van der Waals surface area contributed by atoms with Crippen LogP contribution in [0, 0.1) is 13.8 Å². The van der Waals surface area contributed by atoms with Gasteiger partial charge in [-0.05, 0) is 26.7 Å². The molecular weight excluding hydrogens is 230 g/mol. The summed E-state index contributed by atoms with van der Waals surface area (Å²) in [5, 5.41) is 17.0. The summed E-state index contributed by atoms with van der Waals surface area (Å²) in [6.45, 7) is 3.71. The molecule has 1 aromatic heterocycles. The maximum Gasteiger partial charge on any atom is 0.255 e. The first kappa shape index (κ1) is 13.1. The lowest BCUT2D eigenvalue weighted by Crippen LogP contribution is -2.45. The molecule has 1 aliphatic carbocycles. The number of amides is 1. The van der Waals surface area contributed by atoms with Crippen LogP contribution in [0.2, 0.25) is 0 Å². The number of aromatic nitrogens is 2. The zero-order chi connectivity index (χ0) is 13.3. The maximum absolute atomic E-state index is 12.2. The second-order valence-corrected chi connectivity index (χ2v) is 5.10. The van der Waals surface area contributed by atoms with Crippen molar-refractivity contribution < 1.29 is 9.90 Å². The highest BCUT2D eigenvalue weighted by Gasteiger charge is 2.26.